The minimum absolute atomic E-state index is 0.257. The fraction of sp³-hybridized carbons (Fsp3) is 0.0938. The third-order valence-electron chi connectivity index (χ3n) is 6.65. The summed E-state index contributed by atoms with van der Waals surface area (Å²) in [7, 11) is 0. The van der Waals surface area contributed by atoms with Crippen LogP contribution in [-0.2, 0) is 5.75 Å². The van der Waals surface area contributed by atoms with E-state index < -0.39 is 0 Å². The van der Waals surface area contributed by atoms with Crippen LogP contribution in [0, 0.1) is 13.8 Å². The smallest absolute Gasteiger partial charge is 0.271 e. The van der Waals surface area contributed by atoms with Crippen LogP contribution in [0.5, 0.6) is 5.88 Å². The van der Waals surface area contributed by atoms with Crippen molar-refractivity contribution in [2.45, 2.75) is 24.5 Å². The molecule has 0 aliphatic carbocycles. The number of carbonyl (C=O) groups excluding carboxylic acids is 1. The average molecular weight is 568 g/mol. The Morgan fingerprint density at radius 1 is 0.950 bits per heavy atom. The second-order valence-corrected chi connectivity index (χ2v) is 10.8. The van der Waals surface area contributed by atoms with Crippen LogP contribution in [0.3, 0.4) is 0 Å². The molecular formula is C32H26ClN3O3S. The van der Waals surface area contributed by atoms with E-state index in [0.29, 0.717) is 32.6 Å². The molecule has 0 unspecified atom stereocenters. The van der Waals surface area contributed by atoms with Gasteiger partial charge in [-0.25, -0.2) is 9.99 Å². The summed E-state index contributed by atoms with van der Waals surface area (Å²) in [6.07, 6.45) is 1.36. The van der Waals surface area contributed by atoms with Gasteiger partial charge in [-0.1, -0.05) is 48.0 Å². The molecule has 0 fully saturated rings. The molecule has 0 spiro atoms. The van der Waals surface area contributed by atoms with Crippen molar-refractivity contribution in [3.63, 3.8) is 0 Å². The molecule has 1 amide bonds. The van der Waals surface area contributed by atoms with E-state index in [1.54, 1.807) is 54.2 Å². The SMILES string of the molecule is Cc1ccc(-n2c(O)c(/C=N\NC(=O)c3ccc(CSc4ccc(Cl)cc4)cc3)c3ccccc3c2=O)cc1C. The van der Waals surface area contributed by atoms with Gasteiger partial charge < -0.3 is 5.11 Å². The molecule has 5 rings (SSSR count). The van der Waals surface area contributed by atoms with Crippen LogP contribution in [0.15, 0.2) is 106 Å². The van der Waals surface area contributed by atoms with Gasteiger partial charge in [0.05, 0.1) is 17.5 Å². The highest BCUT2D eigenvalue weighted by molar-refractivity contribution is 7.98. The summed E-state index contributed by atoms with van der Waals surface area (Å²) in [6, 6.07) is 27.5. The number of pyridine rings is 1. The van der Waals surface area contributed by atoms with Crippen molar-refractivity contribution in [3.8, 4) is 11.6 Å². The highest BCUT2D eigenvalue weighted by Crippen LogP contribution is 2.27. The number of aromatic nitrogens is 1. The number of nitrogens with zero attached hydrogens (tertiary/aromatic N) is 2. The number of thioether (sulfide) groups is 1. The third-order valence-corrected chi connectivity index (χ3v) is 7.98. The normalized spacial score (nSPS) is 11.3. The Kier molecular flexibility index (Phi) is 8.05. The summed E-state index contributed by atoms with van der Waals surface area (Å²) in [6.45, 7) is 3.93. The molecule has 0 bridgehead atoms. The van der Waals surface area contributed by atoms with Gasteiger partial charge in [0.2, 0.25) is 5.88 Å². The second-order valence-electron chi connectivity index (χ2n) is 9.33. The molecule has 1 heterocycles. The Bertz CT molecular complexity index is 1800. The van der Waals surface area contributed by atoms with Crippen molar-refractivity contribution in [3.05, 3.63) is 134 Å². The van der Waals surface area contributed by atoms with E-state index >= 15 is 0 Å². The third kappa shape index (κ3) is 5.81. The van der Waals surface area contributed by atoms with Crippen LogP contribution in [0.2, 0.25) is 5.02 Å². The lowest BCUT2D eigenvalue weighted by atomic mass is 10.1. The van der Waals surface area contributed by atoms with Gasteiger partial charge in [0.25, 0.3) is 11.5 Å². The van der Waals surface area contributed by atoms with Gasteiger partial charge >= 0.3 is 0 Å². The van der Waals surface area contributed by atoms with Crippen molar-refractivity contribution in [2.24, 2.45) is 5.10 Å². The second kappa shape index (κ2) is 11.8. The zero-order valence-corrected chi connectivity index (χ0v) is 23.5. The van der Waals surface area contributed by atoms with Crippen LogP contribution in [0.25, 0.3) is 16.5 Å². The van der Waals surface area contributed by atoms with Gasteiger partial charge in [0.1, 0.15) is 0 Å². The van der Waals surface area contributed by atoms with E-state index in [-0.39, 0.29) is 17.3 Å². The van der Waals surface area contributed by atoms with Crippen LogP contribution >= 0.6 is 23.4 Å². The molecule has 200 valence electrons. The maximum absolute atomic E-state index is 13.3. The number of rotatable bonds is 7. The molecule has 0 aliphatic rings. The fourth-order valence-corrected chi connectivity index (χ4v) is 5.24. The van der Waals surface area contributed by atoms with Crippen molar-refractivity contribution in [1.29, 1.82) is 0 Å². The lowest BCUT2D eigenvalue weighted by Gasteiger charge is -2.14. The van der Waals surface area contributed by atoms with E-state index in [2.05, 4.69) is 10.5 Å². The van der Waals surface area contributed by atoms with Crippen molar-refractivity contribution in [2.75, 3.05) is 0 Å². The van der Waals surface area contributed by atoms with Crippen molar-refractivity contribution >= 4 is 46.3 Å². The minimum Gasteiger partial charge on any atom is -0.494 e. The number of hydrogen-bond acceptors (Lipinski definition) is 5. The molecule has 8 heteroatoms. The molecule has 6 nitrogen and oxygen atoms in total. The molecule has 40 heavy (non-hydrogen) atoms. The highest BCUT2D eigenvalue weighted by Gasteiger charge is 2.17. The lowest BCUT2D eigenvalue weighted by molar-refractivity contribution is 0.0955. The van der Waals surface area contributed by atoms with Gasteiger partial charge in [-0.2, -0.15) is 5.10 Å². The van der Waals surface area contributed by atoms with Gasteiger partial charge in [-0.15, -0.1) is 11.8 Å². The maximum Gasteiger partial charge on any atom is 0.271 e. The first kappa shape index (κ1) is 27.2. The lowest BCUT2D eigenvalue weighted by Crippen LogP contribution is -2.21. The van der Waals surface area contributed by atoms with Gasteiger partial charge in [-0.05, 0) is 85.1 Å². The van der Waals surface area contributed by atoms with Crippen LogP contribution in [-0.4, -0.2) is 21.8 Å². The maximum atomic E-state index is 13.3. The molecule has 0 aliphatic heterocycles. The number of nitrogens with one attached hydrogen (secondary N) is 1. The minimum atomic E-state index is -0.389. The number of hydrazone groups is 1. The van der Waals surface area contributed by atoms with E-state index in [9.17, 15) is 14.7 Å². The standard InChI is InChI=1S/C32H26ClN3O3S/c1-20-7-14-25(17-21(20)2)36-31(38)28-6-4-3-5-27(28)29(32(36)39)18-34-35-30(37)23-10-8-22(9-11-23)19-40-26-15-12-24(33)13-16-26/h3-18,39H,19H2,1-2H3,(H,35,37)/b34-18-. The van der Waals surface area contributed by atoms with Crippen LogP contribution in [0.1, 0.15) is 32.6 Å². The topological polar surface area (TPSA) is 83.7 Å². The Morgan fingerprint density at radius 2 is 1.65 bits per heavy atom. The number of fused-ring (bicyclic) bond motifs is 1. The summed E-state index contributed by atoms with van der Waals surface area (Å²) in [4.78, 5) is 27.2. The van der Waals surface area contributed by atoms with Gasteiger partial charge in [0.15, 0.2) is 0 Å². The Hall–Kier alpha value is -4.33. The number of amides is 1. The number of carbonyl (C=O) groups is 1. The summed E-state index contributed by atoms with van der Waals surface area (Å²) < 4.78 is 1.26. The molecule has 5 aromatic rings. The highest BCUT2D eigenvalue weighted by atomic mass is 35.5. The van der Waals surface area contributed by atoms with E-state index in [0.717, 1.165) is 27.3 Å². The Labute approximate surface area is 240 Å². The predicted octanol–water partition coefficient (Wildman–Crippen LogP) is 7.02. The molecule has 1 aromatic heterocycles. The summed E-state index contributed by atoms with van der Waals surface area (Å²) in [5.74, 6) is 0.108. The van der Waals surface area contributed by atoms with Gasteiger partial charge in [-0.3, -0.25) is 9.59 Å². The molecule has 0 radical (unpaired) electrons. The summed E-state index contributed by atoms with van der Waals surface area (Å²) in [5.41, 5.74) is 6.65. The van der Waals surface area contributed by atoms with Gasteiger partial charge in [0, 0.05) is 32.0 Å². The molecule has 4 aromatic carbocycles. The van der Waals surface area contributed by atoms with E-state index in [1.165, 1.54) is 10.8 Å². The Balaban J connectivity index is 1.36. The first-order chi connectivity index (χ1) is 19.3. The van der Waals surface area contributed by atoms with E-state index in [1.807, 2.05) is 62.4 Å². The van der Waals surface area contributed by atoms with E-state index in [4.69, 9.17) is 11.6 Å². The molecule has 0 saturated heterocycles. The zero-order valence-electron chi connectivity index (χ0n) is 21.9. The molecule has 0 saturated carbocycles. The zero-order chi connectivity index (χ0) is 28.2. The largest absolute Gasteiger partial charge is 0.494 e. The quantitative estimate of drug-likeness (QED) is 0.126. The number of aryl methyl sites for hydroxylation is 2. The van der Waals surface area contributed by atoms with Crippen molar-refractivity contribution < 1.29 is 9.90 Å². The van der Waals surface area contributed by atoms with Crippen molar-refractivity contribution in [1.82, 2.24) is 9.99 Å². The monoisotopic (exact) mass is 567 g/mol. The molecule has 2 N–H and O–H groups in total. The number of benzene rings is 4. The number of halogens is 1. The summed E-state index contributed by atoms with van der Waals surface area (Å²) >= 11 is 7.63. The fourth-order valence-electron chi connectivity index (χ4n) is 4.26. The average Bonchev–Trinajstić information content (AvgIpc) is 2.96. The summed E-state index contributed by atoms with van der Waals surface area (Å²) in [5, 5.41) is 17.0. The molecular weight excluding hydrogens is 542 g/mol. The predicted molar refractivity (Wildman–Crippen MR) is 163 cm³/mol. The number of aromatic hydroxyl groups is 1. The van der Waals surface area contributed by atoms with Crippen LogP contribution < -0.4 is 11.0 Å². The van der Waals surface area contributed by atoms with Crippen LogP contribution in [0.4, 0.5) is 0 Å². The molecule has 0 atom stereocenters. The number of hydrogen-bond donors (Lipinski definition) is 2. The first-order valence-corrected chi connectivity index (χ1v) is 13.9. The Morgan fingerprint density at radius 3 is 2.35 bits per heavy atom. The first-order valence-electron chi connectivity index (χ1n) is 12.6.